The Hall–Kier alpha value is -2.60. The van der Waals surface area contributed by atoms with Crippen molar-refractivity contribution in [3.05, 3.63) is 42.0 Å². The van der Waals surface area contributed by atoms with Crippen molar-refractivity contribution in [3.63, 3.8) is 0 Å². The molecule has 2 aromatic carbocycles. The van der Waals surface area contributed by atoms with Gasteiger partial charge in [-0.2, -0.15) is 0 Å². The second-order valence-electron chi connectivity index (χ2n) is 7.81. The molecule has 2 fully saturated rings. The molecule has 148 valence electrons. The van der Waals surface area contributed by atoms with E-state index in [1.54, 1.807) is 21.9 Å². The Morgan fingerprint density at radius 1 is 1.04 bits per heavy atom. The summed E-state index contributed by atoms with van der Waals surface area (Å²) >= 11 is 0. The lowest BCUT2D eigenvalue weighted by atomic mass is 9.98. The van der Waals surface area contributed by atoms with Crippen molar-refractivity contribution in [3.8, 4) is 5.75 Å². The maximum absolute atomic E-state index is 13.2. The van der Waals surface area contributed by atoms with E-state index >= 15 is 0 Å². The second kappa shape index (κ2) is 7.80. The summed E-state index contributed by atoms with van der Waals surface area (Å²) in [5.74, 6) is -0.244. The molecule has 2 atom stereocenters. The number of fused-ring (bicyclic) bond motifs is 1. The van der Waals surface area contributed by atoms with Crippen LogP contribution in [0.5, 0.6) is 5.75 Å². The van der Waals surface area contributed by atoms with Crippen molar-refractivity contribution in [2.24, 2.45) is 5.92 Å². The van der Waals surface area contributed by atoms with E-state index in [-0.39, 0.29) is 35.7 Å². The Labute approximate surface area is 164 Å². The van der Waals surface area contributed by atoms with Crippen molar-refractivity contribution < 1.29 is 19.8 Å². The molecule has 2 heterocycles. The number of hydrogen-bond donors (Lipinski definition) is 2. The molecule has 0 spiro atoms. The van der Waals surface area contributed by atoms with Gasteiger partial charge in [-0.25, -0.2) is 0 Å². The summed E-state index contributed by atoms with van der Waals surface area (Å²) in [4.78, 5) is 29.7. The van der Waals surface area contributed by atoms with Gasteiger partial charge < -0.3 is 20.0 Å². The number of carbonyl (C=O) groups excluding carboxylic acids is 2. The van der Waals surface area contributed by atoms with Crippen LogP contribution in [-0.2, 0) is 4.79 Å². The first-order chi connectivity index (χ1) is 13.6. The second-order valence-corrected chi connectivity index (χ2v) is 7.81. The normalized spacial score (nSPS) is 22.6. The number of hydrogen-bond acceptors (Lipinski definition) is 4. The molecule has 0 bridgehead atoms. The fourth-order valence-electron chi connectivity index (χ4n) is 4.47. The molecule has 2 unspecified atom stereocenters. The average Bonchev–Trinajstić information content (AvgIpc) is 3.23. The lowest BCUT2D eigenvalue weighted by Crippen LogP contribution is -2.51. The Bertz CT molecular complexity index is 897. The molecule has 0 aliphatic carbocycles. The molecule has 6 heteroatoms. The minimum Gasteiger partial charge on any atom is -0.506 e. The van der Waals surface area contributed by atoms with E-state index in [4.69, 9.17) is 0 Å². The molecule has 4 rings (SSSR count). The number of benzene rings is 2. The fraction of sp³-hybridized carbons (Fsp3) is 0.455. The molecule has 0 aromatic heterocycles. The van der Waals surface area contributed by atoms with Gasteiger partial charge in [-0.1, -0.05) is 30.3 Å². The van der Waals surface area contributed by atoms with Gasteiger partial charge in [0, 0.05) is 31.6 Å². The summed E-state index contributed by atoms with van der Waals surface area (Å²) in [7, 11) is 0. The topological polar surface area (TPSA) is 81.1 Å². The molecule has 2 aliphatic heterocycles. The predicted molar refractivity (Wildman–Crippen MR) is 106 cm³/mol. The molecular weight excluding hydrogens is 356 g/mol. The number of amides is 2. The van der Waals surface area contributed by atoms with Crippen LogP contribution >= 0.6 is 0 Å². The van der Waals surface area contributed by atoms with E-state index in [0.29, 0.717) is 31.4 Å². The minimum absolute atomic E-state index is 0.0282. The van der Waals surface area contributed by atoms with Crippen LogP contribution in [0.15, 0.2) is 36.4 Å². The molecule has 2 amide bonds. The van der Waals surface area contributed by atoms with Gasteiger partial charge in [0.25, 0.3) is 5.91 Å². The predicted octanol–water partition coefficient (Wildman–Crippen LogP) is 2.38. The van der Waals surface area contributed by atoms with Crippen molar-refractivity contribution in [1.82, 2.24) is 9.80 Å². The number of aliphatic hydroxyl groups excluding tert-OH is 1. The van der Waals surface area contributed by atoms with Crippen LogP contribution in [-0.4, -0.2) is 64.1 Å². The van der Waals surface area contributed by atoms with Crippen LogP contribution in [0, 0.1) is 5.92 Å². The van der Waals surface area contributed by atoms with Gasteiger partial charge in [-0.05, 0) is 43.1 Å². The molecule has 6 nitrogen and oxygen atoms in total. The molecular formula is C22H26N2O4. The van der Waals surface area contributed by atoms with Crippen molar-refractivity contribution in [2.45, 2.75) is 31.7 Å². The van der Waals surface area contributed by atoms with Crippen molar-refractivity contribution in [1.29, 1.82) is 0 Å². The van der Waals surface area contributed by atoms with Gasteiger partial charge in [0.15, 0.2) is 0 Å². The number of aliphatic hydroxyl groups is 1. The number of likely N-dealkylation sites (tertiary alicyclic amines) is 2. The third-order valence-corrected chi connectivity index (χ3v) is 6.02. The third kappa shape index (κ3) is 3.33. The lowest BCUT2D eigenvalue weighted by molar-refractivity contribution is -0.137. The smallest absolute Gasteiger partial charge is 0.258 e. The summed E-state index contributed by atoms with van der Waals surface area (Å²) in [5.41, 5.74) is 0.241. The zero-order valence-corrected chi connectivity index (χ0v) is 15.9. The fourth-order valence-corrected chi connectivity index (χ4v) is 4.47. The monoisotopic (exact) mass is 382 g/mol. The number of carbonyl (C=O) groups is 2. The Morgan fingerprint density at radius 2 is 1.82 bits per heavy atom. The molecule has 2 saturated heterocycles. The van der Waals surface area contributed by atoms with Crippen LogP contribution in [0.3, 0.4) is 0 Å². The highest BCUT2D eigenvalue weighted by atomic mass is 16.3. The molecule has 2 aromatic rings. The zero-order chi connectivity index (χ0) is 19.7. The highest BCUT2D eigenvalue weighted by Crippen LogP contribution is 2.32. The first-order valence-corrected chi connectivity index (χ1v) is 10.0. The van der Waals surface area contributed by atoms with Gasteiger partial charge in [0.1, 0.15) is 11.8 Å². The van der Waals surface area contributed by atoms with E-state index in [9.17, 15) is 19.8 Å². The van der Waals surface area contributed by atoms with E-state index in [1.807, 2.05) is 24.3 Å². The summed E-state index contributed by atoms with van der Waals surface area (Å²) in [5, 5.41) is 21.6. The largest absolute Gasteiger partial charge is 0.506 e. The van der Waals surface area contributed by atoms with E-state index in [1.165, 1.54) is 0 Å². The van der Waals surface area contributed by atoms with Gasteiger partial charge >= 0.3 is 0 Å². The summed E-state index contributed by atoms with van der Waals surface area (Å²) in [6.45, 7) is 1.82. The molecule has 0 radical (unpaired) electrons. The quantitative estimate of drug-likeness (QED) is 0.854. The number of rotatable bonds is 3. The van der Waals surface area contributed by atoms with Crippen LogP contribution in [0.1, 0.15) is 36.0 Å². The number of nitrogens with zero attached hydrogens (tertiary/aromatic N) is 2. The van der Waals surface area contributed by atoms with Crippen molar-refractivity contribution >= 4 is 22.6 Å². The zero-order valence-electron chi connectivity index (χ0n) is 15.9. The number of piperidine rings is 1. The first-order valence-electron chi connectivity index (χ1n) is 10.0. The molecule has 28 heavy (non-hydrogen) atoms. The summed E-state index contributed by atoms with van der Waals surface area (Å²) in [6, 6.07) is 10.4. The van der Waals surface area contributed by atoms with Crippen LogP contribution in [0.2, 0.25) is 0 Å². The maximum atomic E-state index is 13.2. The van der Waals surface area contributed by atoms with Gasteiger partial charge in [0.05, 0.1) is 5.56 Å². The number of phenols is 1. The number of aromatic hydroxyl groups is 1. The highest BCUT2D eigenvalue weighted by Gasteiger charge is 2.38. The molecule has 2 N–H and O–H groups in total. The first kappa shape index (κ1) is 18.7. The number of phenolic OH excluding ortho intramolecular Hbond substituents is 1. The summed E-state index contributed by atoms with van der Waals surface area (Å²) in [6.07, 6.45) is 3.22. The maximum Gasteiger partial charge on any atom is 0.258 e. The van der Waals surface area contributed by atoms with E-state index in [0.717, 1.165) is 24.6 Å². The molecule has 0 saturated carbocycles. The van der Waals surface area contributed by atoms with Crippen LogP contribution in [0.25, 0.3) is 10.8 Å². The van der Waals surface area contributed by atoms with Gasteiger partial charge in [-0.3, -0.25) is 9.59 Å². The SMILES string of the molecule is O=C(C1CCCN1C(=O)c1ccc2ccccc2c1O)N1CCCC(CO)C1. The van der Waals surface area contributed by atoms with Crippen LogP contribution in [0.4, 0.5) is 0 Å². The Balaban J connectivity index is 1.57. The van der Waals surface area contributed by atoms with E-state index < -0.39 is 6.04 Å². The highest BCUT2D eigenvalue weighted by molar-refractivity contribution is 6.05. The third-order valence-electron chi connectivity index (χ3n) is 6.02. The van der Waals surface area contributed by atoms with E-state index in [2.05, 4.69) is 0 Å². The Morgan fingerprint density at radius 3 is 2.64 bits per heavy atom. The standard InChI is InChI=1S/C22H26N2O4/c25-14-15-5-3-11-23(13-15)22(28)19-8-4-12-24(19)21(27)18-10-9-16-6-1-2-7-17(16)20(18)26/h1-2,6-7,9-10,15,19,25-26H,3-5,8,11-14H2. The van der Waals surface area contributed by atoms with Crippen LogP contribution < -0.4 is 0 Å². The van der Waals surface area contributed by atoms with Crippen molar-refractivity contribution in [2.75, 3.05) is 26.2 Å². The molecule has 2 aliphatic rings. The lowest BCUT2D eigenvalue weighted by Gasteiger charge is -2.35. The van der Waals surface area contributed by atoms with Gasteiger partial charge in [0.2, 0.25) is 5.91 Å². The minimum atomic E-state index is -0.490. The Kier molecular flexibility index (Phi) is 5.22. The average molecular weight is 382 g/mol. The van der Waals surface area contributed by atoms with Gasteiger partial charge in [-0.15, -0.1) is 0 Å². The summed E-state index contributed by atoms with van der Waals surface area (Å²) < 4.78 is 0.